The third kappa shape index (κ3) is 16.9. The van der Waals surface area contributed by atoms with E-state index in [2.05, 4.69) is 153 Å². The third-order valence-corrected chi connectivity index (χ3v) is 22.4. The molecule has 104 heavy (non-hydrogen) atoms. The minimum Gasteiger partial charge on any atom is -0.507 e. The summed E-state index contributed by atoms with van der Waals surface area (Å²) in [5.41, 5.74) is 23.1. The van der Waals surface area contributed by atoms with Gasteiger partial charge in [0.2, 0.25) is 0 Å². The number of nitrogens with zero attached hydrogens (tertiary/aromatic N) is 2. The number of aromatic nitrogens is 2. The Kier molecular flexibility index (Phi) is 25.7. The van der Waals surface area contributed by atoms with Gasteiger partial charge < -0.3 is 40.1 Å². The molecule has 12 aromatic rings. The van der Waals surface area contributed by atoms with Crippen LogP contribution in [0, 0.1) is 20.8 Å². The predicted molar refractivity (Wildman–Crippen MR) is 430 cm³/mol. The number of rotatable bonds is 23. The van der Waals surface area contributed by atoms with Gasteiger partial charge in [-0.25, -0.2) is 0 Å². The van der Waals surface area contributed by atoms with Crippen LogP contribution in [0.5, 0.6) is 46.0 Å². The molecule has 0 saturated heterocycles. The highest BCUT2D eigenvalue weighted by atomic mass is 32.1. The Labute approximate surface area is 623 Å². The van der Waals surface area contributed by atoms with E-state index in [-0.39, 0.29) is 70.0 Å². The summed E-state index contributed by atoms with van der Waals surface area (Å²) in [5, 5.41) is 75.7. The van der Waals surface area contributed by atoms with Crippen LogP contribution in [0.1, 0.15) is 217 Å². The molecule has 12 heteroatoms. The Morgan fingerprint density at radius 3 is 0.904 bits per heavy atom. The highest BCUT2D eigenvalue weighted by Crippen LogP contribution is 2.49. The first-order valence-electron chi connectivity index (χ1n) is 36.4. The molecule has 12 rings (SSSR count). The highest BCUT2D eigenvalue weighted by Gasteiger charge is 2.27. The molecule has 6 atom stereocenters. The van der Waals surface area contributed by atoms with Crippen molar-refractivity contribution >= 4 is 22.7 Å². The number of hydrogen-bond donors (Lipinski definition) is 6. The highest BCUT2D eigenvalue weighted by molar-refractivity contribution is 7.08. The van der Waals surface area contributed by atoms with Crippen molar-refractivity contribution in [2.45, 2.75) is 157 Å². The number of phenolic OH excluding ortho intramolecular Hbond substituents is 6. The van der Waals surface area contributed by atoms with Crippen LogP contribution in [0.3, 0.4) is 0 Å². The van der Waals surface area contributed by atoms with E-state index in [1.165, 1.54) is 27.8 Å². The molecular weight excluding hydrogens is 1330 g/mol. The normalized spacial score (nSPS) is 12.9. The molecule has 0 spiro atoms. The number of thiophene rings is 2. The number of hydrogen-bond acceptors (Lipinski definition) is 12. The predicted octanol–water partition coefficient (Wildman–Crippen LogP) is 23.9. The van der Waals surface area contributed by atoms with E-state index in [9.17, 15) is 30.6 Å². The van der Waals surface area contributed by atoms with Gasteiger partial charge in [0.05, 0.1) is 14.2 Å². The first-order valence-corrected chi connectivity index (χ1v) is 38.3. The molecule has 6 N–H and O–H groups in total. The molecule has 0 aliphatic heterocycles. The Morgan fingerprint density at radius 2 is 0.587 bits per heavy atom. The summed E-state index contributed by atoms with van der Waals surface area (Å²) in [6, 6.07) is 53.4. The Bertz CT molecular complexity index is 4820. The van der Waals surface area contributed by atoms with Crippen molar-refractivity contribution < 1.29 is 40.1 Å². The van der Waals surface area contributed by atoms with Crippen molar-refractivity contribution in [1.29, 1.82) is 0 Å². The monoisotopic (exact) mass is 1420 g/mol. The molecule has 4 aromatic heterocycles. The molecule has 0 aliphatic carbocycles. The largest absolute Gasteiger partial charge is 0.507 e. The number of aromatic hydroxyl groups is 6. The molecule has 6 unspecified atom stereocenters. The van der Waals surface area contributed by atoms with E-state index < -0.39 is 0 Å². The molecular formula is C92H100N2O8S2. The lowest BCUT2D eigenvalue weighted by atomic mass is 9.84. The van der Waals surface area contributed by atoms with Crippen LogP contribution in [0.25, 0.3) is 33.4 Å². The van der Waals surface area contributed by atoms with Crippen molar-refractivity contribution in [2.75, 3.05) is 14.2 Å². The molecule has 0 radical (unpaired) electrons. The molecule has 0 saturated carbocycles. The quantitative estimate of drug-likeness (QED) is 0.0363. The van der Waals surface area contributed by atoms with Crippen LogP contribution in [0.2, 0.25) is 0 Å². The maximum Gasteiger partial charge on any atom is 0.126 e. The lowest BCUT2D eigenvalue weighted by Crippen LogP contribution is -2.03. The number of benzene rings is 8. The zero-order chi connectivity index (χ0) is 74.5. The lowest BCUT2D eigenvalue weighted by molar-refractivity contribution is 0.414. The maximum atomic E-state index is 11.3. The Morgan fingerprint density at radius 1 is 0.308 bits per heavy atom. The van der Waals surface area contributed by atoms with Crippen LogP contribution in [0.4, 0.5) is 0 Å². The van der Waals surface area contributed by atoms with E-state index in [1.54, 1.807) is 49.3 Å². The summed E-state index contributed by atoms with van der Waals surface area (Å²) in [6.07, 6.45) is 12.2. The Hall–Kier alpha value is -10.1. The molecule has 10 nitrogen and oxygen atoms in total. The zero-order valence-electron chi connectivity index (χ0n) is 62.5. The average molecular weight is 1430 g/mol. The van der Waals surface area contributed by atoms with Gasteiger partial charge in [-0.05, 0) is 278 Å². The van der Waals surface area contributed by atoms with Crippen molar-refractivity contribution in [3.05, 3.63) is 304 Å². The molecule has 8 aromatic carbocycles. The van der Waals surface area contributed by atoms with Crippen LogP contribution < -0.4 is 9.47 Å². The van der Waals surface area contributed by atoms with E-state index in [0.29, 0.717) is 46.2 Å². The fourth-order valence-electron chi connectivity index (χ4n) is 14.5. The first-order chi connectivity index (χ1) is 50.2. The average Bonchev–Trinajstić information content (AvgIpc) is 0.990. The van der Waals surface area contributed by atoms with Gasteiger partial charge in [0.25, 0.3) is 0 Å². The standard InChI is InChI=1S/C34H38O4.C30H32N2O2.C28H30O2S2/c1-7-23-18-27(30(8-2)25-11-15-29(38-6)16-12-25)20-32(34(23)36)31-19-26(17-21(3)33(31)35)22(4)24-9-13-28(37-5)14-10-24;1-5-21-16-25(26(6-2)23-9-13-32-14-10-23)18-28(30(21)34)27-17-24(15-19(3)29(27)33)20(4)22-7-11-31-12-8-22;1-5-19-12-23(24(6-2)21-8-10-32-16-21)14-26(28(19)30)25-13-22(11-17(3)27(25)29)18(4)20-7-9-31-15-20/h9-20,22,30,35-36H,7-8H2,1-6H3;7-18,20,26,33-34H,5-6H2,1-4H3;7-16,18,24,29-30H,5-6H2,1-4H3. The summed E-state index contributed by atoms with van der Waals surface area (Å²) < 4.78 is 10.7. The van der Waals surface area contributed by atoms with Crippen LogP contribution in [-0.2, 0) is 19.3 Å². The van der Waals surface area contributed by atoms with Crippen molar-refractivity contribution in [3.8, 4) is 79.4 Å². The fraction of sp³-hybridized carbons (Fsp3) is 0.283. The van der Waals surface area contributed by atoms with Gasteiger partial charge in [0.1, 0.15) is 46.0 Å². The van der Waals surface area contributed by atoms with Gasteiger partial charge in [0, 0.05) is 93.7 Å². The molecule has 0 amide bonds. The topological polar surface area (TPSA) is 166 Å². The van der Waals surface area contributed by atoms with Crippen molar-refractivity contribution in [2.24, 2.45) is 0 Å². The van der Waals surface area contributed by atoms with Gasteiger partial charge in [0.15, 0.2) is 0 Å². The Balaban J connectivity index is 0.000000168. The number of aryl methyl sites for hydroxylation is 6. The second kappa shape index (κ2) is 34.9. The zero-order valence-corrected chi connectivity index (χ0v) is 64.2. The summed E-state index contributed by atoms with van der Waals surface area (Å²) >= 11 is 3.41. The van der Waals surface area contributed by atoms with Crippen LogP contribution >= 0.6 is 22.7 Å². The minimum atomic E-state index is 0.0950. The van der Waals surface area contributed by atoms with Gasteiger partial charge >= 0.3 is 0 Å². The number of phenols is 6. The van der Waals surface area contributed by atoms with Gasteiger partial charge in [-0.2, -0.15) is 22.7 Å². The number of pyridine rings is 2. The van der Waals surface area contributed by atoms with Gasteiger partial charge in [-0.3, -0.25) is 9.97 Å². The van der Waals surface area contributed by atoms with Gasteiger partial charge in [-0.15, -0.1) is 0 Å². The molecule has 0 aliphatic rings. The van der Waals surface area contributed by atoms with E-state index in [1.807, 2.05) is 132 Å². The maximum absolute atomic E-state index is 11.3. The first kappa shape index (κ1) is 76.5. The SMILES string of the molecule is CCc1cc(C(CC)c2ccc(OC)cc2)cc(-c2cc(C(C)c3ccc(OC)cc3)cc(C)c2O)c1O.CCc1cc(C(CC)c2ccncc2)cc(-c2cc(C(C)c3ccncc3)cc(C)c2O)c1O.CCc1cc(C(CC)c2ccsc2)cc(-c2cc(C(C)c3ccsc3)cc(C)c2O)c1O. The minimum absolute atomic E-state index is 0.0950. The van der Waals surface area contributed by atoms with E-state index in [0.717, 1.165) is 110 Å². The van der Waals surface area contributed by atoms with Gasteiger partial charge in [-0.1, -0.05) is 123 Å². The summed E-state index contributed by atoms with van der Waals surface area (Å²) in [4.78, 5) is 8.30. The van der Waals surface area contributed by atoms with E-state index >= 15 is 0 Å². The summed E-state index contributed by atoms with van der Waals surface area (Å²) in [5.74, 6) is 4.04. The summed E-state index contributed by atoms with van der Waals surface area (Å²) in [6.45, 7) is 24.9. The molecule has 0 fully saturated rings. The number of methoxy groups -OCH3 is 2. The summed E-state index contributed by atoms with van der Waals surface area (Å²) in [7, 11) is 3.33. The molecule has 538 valence electrons. The van der Waals surface area contributed by atoms with E-state index in [4.69, 9.17) is 9.47 Å². The second-order valence-corrected chi connectivity index (χ2v) is 28.8. The molecule has 4 heterocycles. The van der Waals surface area contributed by atoms with Crippen molar-refractivity contribution in [3.63, 3.8) is 0 Å². The second-order valence-electron chi connectivity index (χ2n) is 27.3. The lowest BCUT2D eigenvalue weighted by Gasteiger charge is -2.22. The fourth-order valence-corrected chi connectivity index (χ4v) is 16.0. The molecule has 0 bridgehead atoms. The third-order valence-electron chi connectivity index (χ3n) is 21.0. The van der Waals surface area contributed by atoms with Crippen LogP contribution in [0.15, 0.2) is 204 Å². The van der Waals surface area contributed by atoms with Crippen LogP contribution in [-0.4, -0.2) is 54.8 Å². The van der Waals surface area contributed by atoms with Crippen molar-refractivity contribution in [1.82, 2.24) is 9.97 Å². The number of ether oxygens (including phenoxy) is 2. The smallest absolute Gasteiger partial charge is 0.126 e.